The fraction of sp³-hybridized carbons (Fsp3) is 0.692. The normalized spacial score (nSPS) is 14.0. The lowest BCUT2D eigenvalue weighted by molar-refractivity contribution is -0.408. The molecule has 138 valence electrons. The molecule has 0 spiro atoms. The quantitative estimate of drug-likeness (QED) is 0.259. The maximum absolute atomic E-state index is 11.5. The minimum absolute atomic E-state index is 0.253. The molecule has 11 nitrogen and oxygen atoms in total. The van der Waals surface area contributed by atoms with Crippen molar-refractivity contribution in [3.05, 3.63) is 0 Å². The summed E-state index contributed by atoms with van der Waals surface area (Å²) in [4.78, 5) is 45.0. The number of methoxy groups -OCH3 is 2. The van der Waals surface area contributed by atoms with E-state index in [1.807, 2.05) is 0 Å². The molecule has 0 saturated carbocycles. The van der Waals surface area contributed by atoms with Gasteiger partial charge in [-0.1, -0.05) is 0 Å². The summed E-state index contributed by atoms with van der Waals surface area (Å²) in [6.07, 6.45) is -1.78. The Hall–Kier alpha value is -2.24. The number of hydrogen-bond donors (Lipinski definition) is 3. The highest BCUT2D eigenvalue weighted by molar-refractivity contribution is 5.81. The van der Waals surface area contributed by atoms with Crippen LogP contribution >= 0.6 is 0 Å². The van der Waals surface area contributed by atoms with E-state index >= 15 is 0 Å². The first-order chi connectivity index (χ1) is 11.2. The van der Waals surface area contributed by atoms with Crippen molar-refractivity contribution in [1.29, 1.82) is 0 Å². The molecule has 0 aromatic rings. The summed E-state index contributed by atoms with van der Waals surface area (Å²) in [5.41, 5.74) is 6.88. The zero-order valence-corrected chi connectivity index (χ0v) is 13.7. The number of esters is 4. The Labute approximate surface area is 138 Å². The van der Waals surface area contributed by atoms with E-state index in [1.54, 1.807) is 0 Å². The monoisotopic (exact) mass is 352 g/mol. The standard InChI is InChI=1S/C13H22N2O9/c1-21-10(17)3-8(14)12(19)23-5-7(16)6-24-13(20)9(15)4-11(18)22-2/h7-9,16H,3-6,14-15H2,1-2H3/p+2. The van der Waals surface area contributed by atoms with Gasteiger partial charge in [-0.15, -0.1) is 0 Å². The van der Waals surface area contributed by atoms with Gasteiger partial charge in [0, 0.05) is 0 Å². The first-order valence-electron chi connectivity index (χ1n) is 7.02. The van der Waals surface area contributed by atoms with Crippen LogP contribution in [-0.4, -0.2) is 74.6 Å². The van der Waals surface area contributed by atoms with Gasteiger partial charge in [-0.2, -0.15) is 0 Å². The summed E-state index contributed by atoms with van der Waals surface area (Å²) in [6.45, 7) is -0.893. The van der Waals surface area contributed by atoms with E-state index in [1.165, 1.54) is 14.2 Å². The predicted molar refractivity (Wildman–Crippen MR) is 74.5 cm³/mol. The molecule has 0 aliphatic heterocycles. The molecule has 0 aliphatic rings. The molecule has 2 atom stereocenters. The third-order valence-corrected chi connectivity index (χ3v) is 2.78. The average molecular weight is 352 g/mol. The molecule has 0 amide bonds. The number of quaternary nitrogens is 2. The van der Waals surface area contributed by atoms with E-state index in [9.17, 15) is 24.3 Å². The van der Waals surface area contributed by atoms with Crippen LogP contribution in [0.5, 0.6) is 0 Å². The van der Waals surface area contributed by atoms with E-state index in [0.717, 1.165) is 0 Å². The summed E-state index contributed by atoms with van der Waals surface area (Å²) in [7, 11) is 2.35. The summed E-state index contributed by atoms with van der Waals surface area (Å²) in [5.74, 6) is -2.83. The number of carbonyl (C=O) groups excluding carboxylic acids is 4. The van der Waals surface area contributed by atoms with Gasteiger partial charge in [-0.25, -0.2) is 9.59 Å². The molecule has 0 bridgehead atoms. The Bertz CT molecular complexity index is 415. The van der Waals surface area contributed by atoms with Gasteiger partial charge < -0.3 is 35.5 Å². The van der Waals surface area contributed by atoms with Crippen LogP contribution in [0.4, 0.5) is 0 Å². The molecule has 0 aromatic carbocycles. The number of aliphatic hydroxyl groups is 1. The van der Waals surface area contributed by atoms with Crippen LogP contribution in [0, 0.1) is 0 Å². The molecule has 0 saturated heterocycles. The molecule has 24 heavy (non-hydrogen) atoms. The largest absolute Gasteiger partial charge is 0.469 e. The Kier molecular flexibility index (Phi) is 10.3. The summed E-state index contributed by atoms with van der Waals surface area (Å²) >= 11 is 0. The Morgan fingerprint density at radius 3 is 1.46 bits per heavy atom. The Morgan fingerprint density at radius 1 is 0.833 bits per heavy atom. The topological polar surface area (TPSA) is 181 Å². The van der Waals surface area contributed by atoms with Crippen LogP contribution in [0.3, 0.4) is 0 Å². The number of ether oxygens (including phenoxy) is 4. The SMILES string of the molecule is COC(=O)CC([NH3+])C(=O)OCC(O)COC(=O)C([NH3+])CC(=O)OC. The second kappa shape index (κ2) is 11.3. The van der Waals surface area contributed by atoms with Crippen LogP contribution in [0.2, 0.25) is 0 Å². The van der Waals surface area contributed by atoms with E-state index < -0.39 is 55.3 Å². The molecule has 0 aromatic heterocycles. The van der Waals surface area contributed by atoms with Crippen molar-refractivity contribution in [3.8, 4) is 0 Å². The number of aliphatic hydroxyl groups excluding tert-OH is 1. The lowest BCUT2D eigenvalue weighted by atomic mass is 10.2. The molecule has 0 radical (unpaired) electrons. The maximum Gasteiger partial charge on any atom is 0.365 e. The van der Waals surface area contributed by atoms with Crippen LogP contribution < -0.4 is 11.5 Å². The first kappa shape index (κ1) is 21.8. The molecule has 0 fully saturated rings. The highest BCUT2D eigenvalue weighted by atomic mass is 16.6. The zero-order valence-electron chi connectivity index (χ0n) is 13.7. The Morgan fingerprint density at radius 2 is 1.17 bits per heavy atom. The second-order valence-corrected chi connectivity index (χ2v) is 4.87. The van der Waals surface area contributed by atoms with Crippen LogP contribution in [0.1, 0.15) is 12.8 Å². The molecular weight excluding hydrogens is 328 g/mol. The lowest BCUT2D eigenvalue weighted by Gasteiger charge is -2.14. The third kappa shape index (κ3) is 9.02. The minimum Gasteiger partial charge on any atom is -0.469 e. The molecule has 0 heterocycles. The van der Waals surface area contributed by atoms with Gasteiger partial charge in [0.1, 0.15) is 32.2 Å². The second-order valence-electron chi connectivity index (χ2n) is 4.87. The van der Waals surface area contributed by atoms with Crippen LogP contribution in [-0.2, 0) is 38.1 Å². The highest BCUT2D eigenvalue weighted by Crippen LogP contribution is 1.97. The number of carbonyl (C=O) groups is 4. The highest BCUT2D eigenvalue weighted by Gasteiger charge is 2.26. The van der Waals surface area contributed by atoms with Crippen molar-refractivity contribution < 1.29 is 54.7 Å². The average Bonchev–Trinajstić information content (AvgIpc) is 2.56. The molecule has 0 rings (SSSR count). The lowest BCUT2D eigenvalue weighted by Crippen LogP contribution is -2.66. The zero-order chi connectivity index (χ0) is 18.7. The van der Waals surface area contributed by atoms with Gasteiger partial charge in [-0.3, -0.25) is 9.59 Å². The molecule has 0 aliphatic carbocycles. The van der Waals surface area contributed by atoms with Gasteiger partial charge in [0.25, 0.3) is 0 Å². The number of hydrogen-bond acceptors (Lipinski definition) is 9. The molecular formula is C13H24N2O9+2. The fourth-order valence-electron chi connectivity index (χ4n) is 1.38. The third-order valence-electron chi connectivity index (χ3n) is 2.78. The summed E-state index contributed by atoms with van der Waals surface area (Å²) < 4.78 is 18.3. The summed E-state index contributed by atoms with van der Waals surface area (Å²) in [5, 5.41) is 9.59. The van der Waals surface area contributed by atoms with Gasteiger partial charge in [0.15, 0.2) is 12.1 Å². The van der Waals surface area contributed by atoms with E-state index in [-0.39, 0.29) is 12.8 Å². The fourth-order valence-corrected chi connectivity index (χ4v) is 1.38. The smallest absolute Gasteiger partial charge is 0.365 e. The van der Waals surface area contributed by atoms with Crippen LogP contribution in [0.15, 0.2) is 0 Å². The van der Waals surface area contributed by atoms with Crippen molar-refractivity contribution in [3.63, 3.8) is 0 Å². The van der Waals surface area contributed by atoms with Crippen molar-refractivity contribution in [2.75, 3.05) is 27.4 Å². The van der Waals surface area contributed by atoms with Crippen molar-refractivity contribution in [2.45, 2.75) is 31.0 Å². The van der Waals surface area contributed by atoms with E-state index in [2.05, 4.69) is 20.9 Å². The molecule has 7 N–H and O–H groups in total. The van der Waals surface area contributed by atoms with Crippen molar-refractivity contribution >= 4 is 23.9 Å². The number of rotatable bonds is 10. The minimum atomic E-state index is -1.27. The maximum atomic E-state index is 11.5. The predicted octanol–water partition coefficient (Wildman–Crippen LogP) is -4.22. The molecule has 2 unspecified atom stereocenters. The van der Waals surface area contributed by atoms with E-state index in [4.69, 9.17) is 9.47 Å². The van der Waals surface area contributed by atoms with Crippen molar-refractivity contribution in [1.82, 2.24) is 0 Å². The van der Waals surface area contributed by atoms with Gasteiger partial charge >= 0.3 is 23.9 Å². The van der Waals surface area contributed by atoms with Gasteiger partial charge in [0.05, 0.1) is 14.2 Å². The van der Waals surface area contributed by atoms with Crippen LogP contribution in [0.25, 0.3) is 0 Å². The van der Waals surface area contributed by atoms with Crippen molar-refractivity contribution in [2.24, 2.45) is 0 Å². The van der Waals surface area contributed by atoms with Gasteiger partial charge in [0.2, 0.25) is 0 Å². The molecule has 11 heteroatoms. The van der Waals surface area contributed by atoms with Gasteiger partial charge in [-0.05, 0) is 0 Å². The van der Waals surface area contributed by atoms with E-state index in [0.29, 0.717) is 0 Å². The Balaban J connectivity index is 4.07. The first-order valence-corrected chi connectivity index (χ1v) is 7.02. The summed E-state index contributed by atoms with van der Waals surface area (Å²) in [6, 6.07) is -1.95.